The molecule has 0 aromatic heterocycles. The first-order chi connectivity index (χ1) is 8.37. The van der Waals surface area contributed by atoms with Gasteiger partial charge in [-0.05, 0) is 36.8 Å². The van der Waals surface area contributed by atoms with Crippen LogP contribution in [0.3, 0.4) is 0 Å². The molecule has 18 heavy (non-hydrogen) atoms. The molecule has 0 bridgehead atoms. The molecule has 1 rings (SSSR count). The van der Waals surface area contributed by atoms with Gasteiger partial charge in [-0.3, -0.25) is 4.79 Å². The van der Waals surface area contributed by atoms with E-state index in [1.165, 1.54) is 0 Å². The van der Waals surface area contributed by atoms with E-state index in [0.29, 0.717) is 13.0 Å². The van der Waals surface area contributed by atoms with Crippen molar-refractivity contribution in [3.05, 3.63) is 34.9 Å². The second-order valence-corrected chi connectivity index (χ2v) is 5.59. The SMILES string of the molecule is Cc1cccc(C)c1C(=O)NCC(C)(C)CCO. The molecule has 0 spiro atoms. The van der Waals surface area contributed by atoms with Crippen LogP contribution in [0.4, 0.5) is 0 Å². The molecule has 3 nitrogen and oxygen atoms in total. The molecule has 1 aromatic rings. The van der Waals surface area contributed by atoms with E-state index in [1.807, 2.05) is 45.9 Å². The molecule has 0 aliphatic carbocycles. The molecule has 100 valence electrons. The van der Waals surface area contributed by atoms with Crippen LogP contribution in [-0.2, 0) is 0 Å². The number of hydrogen-bond donors (Lipinski definition) is 2. The molecule has 3 heteroatoms. The van der Waals surface area contributed by atoms with Gasteiger partial charge < -0.3 is 10.4 Å². The molecule has 0 atom stereocenters. The van der Waals surface area contributed by atoms with Gasteiger partial charge in [0.15, 0.2) is 0 Å². The third kappa shape index (κ3) is 3.84. The van der Waals surface area contributed by atoms with Gasteiger partial charge in [0.1, 0.15) is 0 Å². The predicted molar refractivity (Wildman–Crippen MR) is 73.7 cm³/mol. The Morgan fingerprint density at radius 2 is 1.83 bits per heavy atom. The molecule has 0 saturated heterocycles. The minimum absolute atomic E-state index is 0.0309. The molecule has 0 aliphatic rings. The summed E-state index contributed by atoms with van der Waals surface area (Å²) in [6, 6.07) is 5.85. The average Bonchev–Trinajstić information content (AvgIpc) is 2.26. The first-order valence-corrected chi connectivity index (χ1v) is 6.33. The monoisotopic (exact) mass is 249 g/mol. The summed E-state index contributed by atoms with van der Waals surface area (Å²) in [4.78, 5) is 12.2. The number of benzene rings is 1. The molecule has 0 heterocycles. The lowest BCUT2D eigenvalue weighted by Gasteiger charge is -2.24. The number of carbonyl (C=O) groups is 1. The summed E-state index contributed by atoms with van der Waals surface area (Å²) in [6.07, 6.45) is 0.681. The maximum Gasteiger partial charge on any atom is 0.251 e. The summed E-state index contributed by atoms with van der Waals surface area (Å²) in [7, 11) is 0. The summed E-state index contributed by atoms with van der Waals surface area (Å²) in [6.45, 7) is 8.68. The summed E-state index contributed by atoms with van der Waals surface area (Å²) >= 11 is 0. The van der Waals surface area contributed by atoms with Crippen molar-refractivity contribution in [3.8, 4) is 0 Å². The number of carbonyl (C=O) groups excluding carboxylic acids is 1. The minimum atomic E-state index is -0.0823. The Morgan fingerprint density at radius 3 is 2.33 bits per heavy atom. The van der Waals surface area contributed by atoms with Crippen LogP contribution in [0, 0.1) is 19.3 Å². The Labute approximate surface area is 109 Å². The first-order valence-electron chi connectivity index (χ1n) is 6.33. The zero-order valence-electron chi connectivity index (χ0n) is 11.7. The van der Waals surface area contributed by atoms with Crippen molar-refractivity contribution in [3.63, 3.8) is 0 Å². The number of aliphatic hydroxyl groups is 1. The van der Waals surface area contributed by atoms with Crippen molar-refractivity contribution in [2.24, 2.45) is 5.41 Å². The maximum atomic E-state index is 12.2. The summed E-state index contributed by atoms with van der Waals surface area (Å²) in [5.74, 6) is -0.0309. The topological polar surface area (TPSA) is 49.3 Å². The van der Waals surface area contributed by atoms with Crippen molar-refractivity contribution in [1.82, 2.24) is 5.32 Å². The number of aliphatic hydroxyl groups excluding tert-OH is 1. The van der Waals surface area contributed by atoms with Crippen LogP contribution in [0.15, 0.2) is 18.2 Å². The second kappa shape index (κ2) is 6.01. The van der Waals surface area contributed by atoms with E-state index in [2.05, 4.69) is 5.32 Å². The van der Waals surface area contributed by atoms with Crippen LogP contribution in [0.25, 0.3) is 0 Å². The minimum Gasteiger partial charge on any atom is -0.396 e. The van der Waals surface area contributed by atoms with Gasteiger partial charge in [0.2, 0.25) is 0 Å². The standard InChI is InChI=1S/C15H23NO2/c1-11-6-5-7-12(2)13(11)14(18)16-10-15(3,4)8-9-17/h5-7,17H,8-10H2,1-4H3,(H,16,18). The van der Waals surface area contributed by atoms with Crippen molar-refractivity contribution in [2.45, 2.75) is 34.1 Å². The van der Waals surface area contributed by atoms with Gasteiger partial charge in [-0.2, -0.15) is 0 Å². The largest absolute Gasteiger partial charge is 0.396 e. The van der Waals surface area contributed by atoms with E-state index >= 15 is 0 Å². The summed E-state index contributed by atoms with van der Waals surface area (Å²) in [5, 5.41) is 11.9. The lowest BCUT2D eigenvalue weighted by atomic mass is 9.89. The zero-order valence-corrected chi connectivity index (χ0v) is 11.7. The lowest BCUT2D eigenvalue weighted by Crippen LogP contribution is -2.35. The highest BCUT2D eigenvalue weighted by molar-refractivity contribution is 5.97. The van der Waals surface area contributed by atoms with Gasteiger partial charge in [-0.15, -0.1) is 0 Å². The molecule has 0 fully saturated rings. The van der Waals surface area contributed by atoms with Crippen LogP contribution < -0.4 is 5.32 Å². The van der Waals surface area contributed by atoms with Crippen molar-refractivity contribution in [1.29, 1.82) is 0 Å². The molecule has 1 aromatic carbocycles. The third-order valence-corrected chi connectivity index (χ3v) is 3.22. The van der Waals surface area contributed by atoms with E-state index < -0.39 is 0 Å². The Bertz CT molecular complexity index is 404. The molecule has 0 saturated carbocycles. The third-order valence-electron chi connectivity index (χ3n) is 3.22. The van der Waals surface area contributed by atoms with Gasteiger partial charge in [-0.25, -0.2) is 0 Å². The van der Waals surface area contributed by atoms with Gasteiger partial charge in [0, 0.05) is 18.7 Å². The van der Waals surface area contributed by atoms with Gasteiger partial charge in [0.05, 0.1) is 0 Å². The Hall–Kier alpha value is -1.35. The number of nitrogens with one attached hydrogen (secondary N) is 1. The van der Waals surface area contributed by atoms with E-state index in [1.54, 1.807) is 0 Å². The van der Waals surface area contributed by atoms with E-state index in [-0.39, 0.29) is 17.9 Å². The van der Waals surface area contributed by atoms with E-state index in [0.717, 1.165) is 16.7 Å². The van der Waals surface area contributed by atoms with Gasteiger partial charge in [0.25, 0.3) is 5.91 Å². The van der Waals surface area contributed by atoms with Crippen LogP contribution in [0.2, 0.25) is 0 Å². The summed E-state index contributed by atoms with van der Waals surface area (Å²) in [5.41, 5.74) is 2.67. The normalized spacial score (nSPS) is 11.4. The maximum absolute atomic E-state index is 12.2. The van der Waals surface area contributed by atoms with Crippen LogP contribution in [0.1, 0.15) is 41.8 Å². The molecule has 0 unspecified atom stereocenters. The van der Waals surface area contributed by atoms with Crippen molar-refractivity contribution in [2.75, 3.05) is 13.2 Å². The molecule has 1 amide bonds. The fourth-order valence-corrected chi connectivity index (χ4v) is 1.97. The Morgan fingerprint density at radius 1 is 1.28 bits per heavy atom. The molecule has 2 N–H and O–H groups in total. The number of aryl methyl sites for hydroxylation is 2. The van der Waals surface area contributed by atoms with Crippen molar-refractivity contribution >= 4 is 5.91 Å². The van der Waals surface area contributed by atoms with Crippen LogP contribution in [-0.4, -0.2) is 24.2 Å². The van der Waals surface area contributed by atoms with E-state index in [9.17, 15) is 4.79 Å². The molecular formula is C15H23NO2. The highest BCUT2D eigenvalue weighted by Gasteiger charge is 2.19. The highest BCUT2D eigenvalue weighted by atomic mass is 16.3. The quantitative estimate of drug-likeness (QED) is 0.842. The second-order valence-electron chi connectivity index (χ2n) is 5.59. The van der Waals surface area contributed by atoms with E-state index in [4.69, 9.17) is 5.11 Å². The zero-order chi connectivity index (χ0) is 13.8. The predicted octanol–water partition coefficient (Wildman–Crippen LogP) is 2.44. The fourth-order valence-electron chi connectivity index (χ4n) is 1.97. The van der Waals surface area contributed by atoms with Crippen molar-refractivity contribution < 1.29 is 9.90 Å². The smallest absolute Gasteiger partial charge is 0.251 e. The lowest BCUT2D eigenvalue weighted by molar-refractivity contribution is 0.0927. The number of amides is 1. The number of hydrogen-bond acceptors (Lipinski definition) is 2. The van der Waals surface area contributed by atoms with Crippen LogP contribution >= 0.6 is 0 Å². The molecular weight excluding hydrogens is 226 g/mol. The Balaban J connectivity index is 2.72. The highest BCUT2D eigenvalue weighted by Crippen LogP contribution is 2.19. The van der Waals surface area contributed by atoms with Gasteiger partial charge >= 0.3 is 0 Å². The first kappa shape index (κ1) is 14.7. The number of rotatable bonds is 5. The Kier molecular flexibility index (Phi) is 4.91. The average molecular weight is 249 g/mol. The van der Waals surface area contributed by atoms with Crippen LogP contribution in [0.5, 0.6) is 0 Å². The fraction of sp³-hybridized carbons (Fsp3) is 0.533. The molecule has 0 aliphatic heterocycles. The summed E-state index contributed by atoms with van der Waals surface area (Å²) < 4.78 is 0. The molecule has 0 radical (unpaired) electrons. The van der Waals surface area contributed by atoms with Gasteiger partial charge in [-0.1, -0.05) is 32.0 Å².